The van der Waals surface area contributed by atoms with Crippen molar-refractivity contribution < 1.29 is 13.5 Å². The van der Waals surface area contributed by atoms with Crippen LogP contribution in [0.1, 0.15) is 25.8 Å². The number of aromatic nitrogens is 2. The standard InChI is InChI=1S/C15H28N6O3S.HI/c1-4-16-14(17-6-8-21-7-5-9-25(21,23)24)18-12-15(2,22)13-10-19-20(3)11-13;/h10-11,22H,4-9,12H2,1-3H3,(H2,16,17,18);1H. The third-order valence-corrected chi connectivity index (χ3v) is 6.03. The molecule has 0 aliphatic carbocycles. The minimum atomic E-state index is -3.08. The van der Waals surface area contributed by atoms with Crippen LogP contribution in [0.4, 0.5) is 0 Å². The molecule has 1 aromatic heterocycles. The Morgan fingerprint density at radius 2 is 2.19 bits per heavy atom. The molecular weight excluding hydrogens is 471 g/mol. The molecule has 0 bridgehead atoms. The zero-order valence-corrected chi connectivity index (χ0v) is 18.6. The zero-order valence-electron chi connectivity index (χ0n) is 15.5. The Bertz CT molecular complexity index is 704. The SMILES string of the molecule is CCNC(=NCC(C)(O)c1cnn(C)c1)NCCN1CCCS1(=O)=O.I. The Morgan fingerprint density at radius 1 is 1.46 bits per heavy atom. The highest BCUT2D eigenvalue weighted by Gasteiger charge is 2.27. The fourth-order valence-corrected chi connectivity index (χ4v) is 4.14. The van der Waals surface area contributed by atoms with Gasteiger partial charge in [-0.1, -0.05) is 0 Å². The lowest BCUT2D eigenvalue weighted by Crippen LogP contribution is -2.42. The predicted molar refractivity (Wildman–Crippen MR) is 112 cm³/mol. The number of aliphatic hydroxyl groups is 1. The van der Waals surface area contributed by atoms with Crippen LogP contribution in [-0.2, 0) is 22.7 Å². The van der Waals surface area contributed by atoms with Crippen molar-refractivity contribution in [1.29, 1.82) is 0 Å². The molecule has 2 rings (SSSR count). The molecule has 0 amide bonds. The summed E-state index contributed by atoms with van der Waals surface area (Å²) in [5.74, 6) is 0.776. The van der Waals surface area contributed by atoms with E-state index in [0.29, 0.717) is 44.1 Å². The number of sulfonamides is 1. The quantitative estimate of drug-likeness (QED) is 0.273. The van der Waals surface area contributed by atoms with Gasteiger partial charge in [-0.15, -0.1) is 24.0 Å². The maximum Gasteiger partial charge on any atom is 0.214 e. The molecule has 1 saturated heterocycles. The summed E-state index contributed by atoms with van der Waals surface area (Å²) in [6, 6.07) is 0. The van der Waals surface area contributed by atoms with E-state index in [1.54, 1.807) is 31.0 Å². The summed E-state index contributed by atoms with van der Waals surface area (Å²) >= 11 is 0. The molecule has 1 aliphatic heterocycles. The van der Waals surface area contributed by atoms with Crippen molar-refractivity contribution in [1.82, 2.24) is 24.7 Å². The van der Waals surface area contributed by atoms with Gasteiger partial charge in [0.05, 0.1) is 18.5 Å². The van der Waals surface area contributed by atoms with Crippen molar-refractivity contribution in [3.63, 3.8) is 0 Å². The van der Waals surface area contributed by atoms with Crippen LogP contribution in [0.25, 0.3) is 0 Å². The second kappa shape index (κ2) is 9.85. The van der Waals surface area contributed by atoms with Crippen molar-refractivity contribution in [2.75, 3.05) is 38.5 Å². The number of nitrogens with one attached hydrogen (secondary N) is 2. The summed E-state index contributed by atoms with van der Waals surface area (Å²) in [6.07, 6.45) is 4.06. The molecule has 0 spiro atoms. The van der Waals surface area contributed by atoms with Crippen molar-refractivity contribution in [3.05, 3.63) is 18.0 Å². The lowest BCUT2D eigenvalue weighted by molar-refractivity contribution is 0.0672. The number of aliphatic imine (C=N–C) groups is 1. The largest absolute Gasteiger partial charge is 0.383 e. The van der Waals surface area contributed by atoms with Gasteiger partial charge < -0.3 is 15.7 Å². The molecule has 1 aliphatic rings. The van der Waals surface area contributed by atoms with Crippen LogP contribution in [-0.4, -0.2) is 72.0 Å². The maximum absolute atomic E-state index is 11.8. The molecule has 1 aromatic rings. The van der Waals surface area contributed by atoms with Crippen molar-refractivity contribution in [2.24, 2.45) is 12.0 Å². The minimum Gasteiger partial charge on any atom is -0.383 e. The molecule has 1 atom stereocenters. The molecule has 11 heteroatoms. The first kappa shape index (κ1) is 23.1. The highest BCUT2D eigenvalue weighted by Crippen LogP contribution is 2.19. The zero-order chi connectivity index (χ0) is 18.5. The predicted octanol–water partition coefficient (Wildman–Crippen LogP) is -0.164. The van der Waals surface area contributed by atoms with E-state index in [0.717, 1.165) is 0 Å². The Labute approximate surface area is 172 Å². The third kappa shape index (κ3) is 6.35. The van der Waals surface area contributed by atoms with E-state index in [9.17, 15) is 13.5 Å². The number of halogens is 1. The van der Waals surface area contributed by atoms with E-state index >= 15 is 0 Å². The van der Waals surface area contributed by atoms with E-state index in [4.69, 9.17) is 0 Å². The smallest absolute Gasteiger partial charge is 0.214 e. The van der Waals surface area contributed by atoms with Crippen LogP contribution in [0.2, 0.25) is 0 Å². The summed E-state index contributed by atoms with van der Waals surface area (Å²) in [4.78, 5) is 4.41. The van der Waals surface area contributed by atoms with Gasteiger partial charge in [-0.05, 0) is 20.3 Å². The summed E-state index contributed by atoms with van der Waals surface area (Å²) in [5.41, 5.74) is -0.438. The van der Waals surface area contributed by atoms with E-state index in [1.165, 1.54) is 4.31 Å². The van der Waals surface area contributed by atoms with Gasteiger partial charge in [-0.25, -0.2) is 17.7 Å². The van der Waals surface area contributed by atoms with Gasteiger partial charge in [-0.2, -0.15) is 5.10 Å². The van der Waals surface area contributed by atoms with Crippen molar-refractivity contribution in [2.45, 2.75) is 25.9 Å². The van der Waals surface area contributed by atoms with E-state index in [2.05, 4.69) is 20.7 Å². The van der Waals surface area contributed by atoms with Crippen LogP contribution in [0.3, 0.4) is 0 Å². The Hall–Kier alpha value is -0.920. The number of nitrogens with zero attached hydrogens (tertiary/aromatic N) is 4. The first-order valence-corrected chi connectivity index (χ1v) is 10.1. The third-order valence-electron chi connectivity index (χ3n) is 4.07. The number of rotatable bonds is 7. The molecule has 0 aromatic carbocycles. The Kier molecular flexibility index (Phi) is 8.76. The second-order valence-corrected chi connectivity index (χ2v) is 8.46. The van der Waals surface area contributed by atoms with Gasteiger partial charge in [-0.3, -0.25) is 4.68 Å². The summed E-state index contributed by atoms with van der Waals surface area (Å²) in [5, 5.41) is 20.9. The Balaban J connectivity index is 0.00000338. The van der Waals surface area contributed by atoms with Crippen LogP contribution in [0.15, 0.2) is 17.4 Å². The molecule has 3 N–H and O–H groups in total. The van der Waals surface area contributed by atoms with Crippen molar-refractivity contribution >= 4 is 40.0 Å². The fourth-order valence-electron chi connectivity index (χ4n) is 2.61. The van der Waals surface area contributed by atoms with E-state index in [1.807, 2.05) is 6.92 Å². The molecule has 26 heavy (non-hydrogen) atoms. The average Bonchev–Trinajstić information content (AvgIpc) is 3.11. The lowest BCUT2D eigenvalue weighted by atomic mass is 10.0. The fraction of sp³-hybridized carbons (Fsp3) is 0.733. The molecule has 1 fully saturated rings. The summed E-state index contributed by atoms with van der Waals surface area (Å²) < 4.78 is 26.7. The first-order valence-electron chi connectivity index (χ1n) is 8.46. The van der Waals surface area contributed by atoms with Crippen LogP contribution in [0.5, 0.6) is 0 Å². The minimum absolute atomic E-state index is 0. The monoisotopic (exact) mass is 500 g/mol. The molecule has 9 nitrogen and oxygen atoms in total. The number of hydrogen-bond acceptors (Lipinski definition) is 5. The van der Waals surface area contributed by atoms with Crippen molar-refractivity contribution in [3.8, 4) is 0 Å². The van der Waals surface area contributed by atoms with E-state index in [-0.39, 0.29) is 36.3 Å². The molecule has 0 radical (unpaired) electrons. The average molecular weight is 500 g/mol. The molecule has 1 unspecified atom stereocenters. The summed E-state index contributed by atoms with van der Waals surface area (Å²) in [7, 11) is -1.29. The number of hydrogen-bond donors (Lipinski definition) is 3. The highest BCUT2D eigenvalue weighted by molar-refractivity contribution is 14.0. The van der Waals surface area contributed by atoms with E-state index < -0.39 is 15.6 Å². The molecule has 2 heterocycles. The van der Waals surface area contributed by atoms with Gasteiger partial charge in [0.2, 0.25) is 10.0 Å². The van der Waals surface area contributed by atoms with Gasteiger partial charge >= 0.3 is 0 Å². The van der Waals surface area contributed by atoms with Crippen LogP contribution < -0.4 is 10.6 Å². The molecule has 150 valence electrons. The highest BCUT2D eigenvalue weighted by atomic mass is 127. The van der Waals surface area contributed by atoms with Gasteiger partial charge in [0.25, 0.3) is 0 Å². The summed E-state index contributed by atoms with van der Waals surface area (Å²) in [6.45, 7) is 5.91. The first-order chi connectivity index (χ1) is 11.7. The maximum atomic E-state index is 11.8. The molecular formula is C15H29IN6O3S. The topological polar surface area (TPSA) is 112 Å². The second-order valence-electron chi connectivity index (χ2n) is 6.37. The molecule has 0 saturated carbocycles. The van der Waals surface area contributed by atoms with Crippen LogP contribution >= 0.6 is 24.0 Å². The number of aryl methyl sites for hydroxylation is 1. The van der Waals surface area contributed by atoms with Gasteiger partial charge in [0, 0.05) is 45.0 Å². The van der Waals surface area contributed by atoms with Gasteiger partial charge in [0.15, 0.2) is 5.96 Å². The normalized spacial score (nSPS) is 19.6. The van der Waals surface area contributed by atoms with Crippen LogP contribution in [0, 0.1) is 0 Å². The van der Waals surface area contributed by atoms with Gasteiger partial charge in [0.1, 0.15) is 5.60 Å². The Morgan fingerprint density at radius 3 is 2.73 bits per heavy atom. The number of guanidine groups is 1. The lowest BCUT2D eigenvalue weighted by Gasteiger charge is -2.21.